The summed E-state index contributed by atoms with van der Waals surface area (Å²) in [6.07, 6.45) is 5.11. The molecule has 8 heteroatoms. The molecule has 0 fully saturated rings. The van der Waals surface area contributed by atoms with Crippen molar-refractivity contribution < 1.29 is 14.7 Å². The summed E-state index contributed by atoms with van der Waals surface area (Å²) in [7, 11) is 0. The molecule has 2 atom stereocenters. The average molecular weight is 286 g/mol. The van der Waals surface area contributed by atoms with Gasteiger partial charge in [-0.3, -0.25) is 0 Å². The average Bonchev–Trinajstić information content (AvgIpc) is 2.87. The van der Waals surface area contributed by atoms with E-state index in [4.69, 9.17) is 5.11 Å². The van der Waals surface area contributed by atoms with E-state index in [1.807, 2.05) is 13.2 Å². The largest absolute Gasteiger partial charge is 0.480 e. The Hall–Kier alpha value is -1.70. The summed E-state index contributed by atoms with van der Waals surface area (Å²) < 4.78 is 0. The third kappa shape index (κ3) is 5.64. The molecule has 1 aromatic heterocycles. The van der Waals surface area contributed by atoms with E-state index in [0.29, 0.717) is 12.2 Å². The summed E-state index contributed by atoms with van der Waals surface area (Å²) in [5.74, 6) is -1.08. The highest BCUT2D eigenvalue weighted by Crippen LogP contribution is 2.02. The van der Waals surface area contributed by atoms with Crippen LogP contribution in [0.3, 0.4) is 0 Å². The third-order valence-electron chi connectivity index (χ3n) is 2.53. The van der Waals surface area contributed by atoms with Crippen LogP contribution >= 0.6 is 11.8 Å². The Morgan fingerprint density at radius 3 is 2.84 bits per heavy atom. The Morgan fingerprint density at radius 2 is 2.32 bits per heavy atom. The standard InChI is InChI=1S/C11H18N4O3S/c1-7(19-2)4-13-11(18)15-9(10(16)17)3-8-5-12-6-14-8/h5-7,9H,3-4H2,1-2H3,(H,12,14)(H,16,17)(H2,13,15,18)/t7?,9-/m1/s1. The van der Waals surface area contributed by atoms with Crippen molar-refractivity contribution in [2.45, 2.75) is 24.6 Å². The van der Waals surface area contributed by atoms with Gasteiger partial charge in [-0.25, -0.2) is 14.6 Å². The Kier molecular flexibility index (Phi) is 6.20. The number of carbonyl (C=O) groups is 2. The maximum Gasteiger partial charge on any atom is 0.326 e. The lowest BCUT2D eigenvalue weighted by atomic mass is 10.2. The van der Waals surface area contributed by atoms with Gasteiger partial charge in [0.25, 0.3) is 0 Å². The second kappa shape index (κ2) is 7.67. The number of amides is 2. The maximum absolute atomic E-state index is 11.6. The molecule has 1 unspecified atom stereocenters. The van der Waals surface area contributed by atoms with Crippen LogP contribution in [0.5, 0.6) is 0 Å². The molecule has 0 saturated carbocycles. The number of aliphatic carboxylic acids is 1. The van der Waals surface area contributed by atoms with Crippen molar-refractivity contribution in [2.75, 3.05) is 12.8 Å². The summed E-state index contributed by atoms with van der Waals surface area (Å²) >= 11 is 1.62. The van der Waals surface area contributed by atoms with E-state index >= 15 is 0 Å². The lowest BCUT2D eigenvalue weighted by molar-refractivity contribution is -0.139. The normalized spacial score (nSPS) is 13.6. The molecule has 0 radical (unpaired) electrons. The quantitative estimate of drug-likeness (QED) is 0.582. The second-order valence-corrected chi connectivity index (χ2v) is 5.35. The molecule has 0 bridgehead atoms. The van der Waals surface area contributed by atoms with Crippen LogP contribution < -0.4 is 10.6 Å². The van der Waals surface area contributed by atoms with E-state index in [0.717, 1.165) is 0 Å². The molecule has 19 heavy (non-hydrogen) atoms. The van der Waals surface area contributed by atoms with Crippen LogP contribution in [-0.4, -0.2) is 51.2 Å². The Labute approximate surface area is 115 Å². The van der Waals surface area contributed by atoms with Crippen LogP contribution in [0, 0.1) is 0 Å². The minimum absolute atomic E-state index is 0.167. The summed E-state index contributed by atoms with van der Waals surface area (Å²) in [6, 6.07) is -1.46. The first-order chi connectivity index (χ1) is 9.02. The highest BCUT2D eigenvalue weighted by molar-refractivity contribution is 7.99. The van der Waals surface area contributed by atoms with Crippen LogP contribution in [-0.2, 0) is 11.2 Å². The molecule has 0 aromatic carbocycles. The maximum atomic E-state index is 11.6. The van der Waals surface area contributed by atoms with Crippen molar-refractivity contribution in [3.05, 3.63) is 18.2 Å². The van der Waals surface area contributed by atoms with Crippen LogP contribution in [0.25, 0.3) is 0 Å². The fraction of sp³-hybridized carbons (Fsp3) is 0.545. The summed E-state index contributed by atoms with van der Waals surface area (Å²) in [4.78, 5) is 29.3. The number of imidazole rings is 1. The molecule has 2 amide bonds. The molecule has 7 nitrogen and oxygen atoms in total. The lowest BCUT2D eigenvalue weighted by Gasteiger charge is -2.15. The SMILES string of the molecule is CSC(C)CNC(=O)N[C@H](Cc1cnc[nH]1)C(=O)O. The summed E-state index contributed by atoms with van der Waals surface area (Å²) in [5, 5.41) is 14.4. The van der Waals surface area contributed by atoms with Gasteiger partial charge in [-0.05, 0) is 6.26 Å². The molecule has 0 aliphatic rings. The smallest absolute Gasteiger partial charge is 0.326 e. The number of thioether (sulfide) groups is 1. The van der Waals surface area contributed by atoms with Crippen molar-refractivity contribution in [1.82, 2.24) is 20.6 Å². The molecule has 0 spiro atoms. The fourth-order valence-electron chi connectivity index (χ4n) is 1.35. The van der Waals surface area contributed by atoms with Gasteiger partial charge in [-0.1, -0.05) is 6.92 Å². The number of H-pyrrole nitrogens is 1. The van der Waals surface area contributed by atoms with Crippen molar-refractivity contribution >= 4 is 23.8 Å². The van der Waals surface area contributed by atoms with E-state index in [9.17, 15) is 9.59 Å². The molecule has 0 aliphatic heterocycles. The van der Waals surface area contributed by atoms with E-state index in [-0.39, 0.29) is 11.7 Å². The second-order valence-electron chi connectivity index (χ2n) is 4.07. The molecule has 0 saturated heterocycles. The van der Waals surface area contributed by atoms with Gasteiger partial charge in [0.05, 0.1) is 6.33 Å². The number of carbonyl (C=O) groups excluding carboxylic acids is 1. The van der Waals surface area contributed by atoms with Gasteiger partial charge >= 0.3 is 12.0 Å². The van der Waals surface area contributed by atoms with Crippen LogP contribution in [0.2, 0.25) is 0 Å². The topological polar surface area (TPSA) is 107 Å². The van der Waals surface area contributed by atoms with Gasteiger partial charge in [0.1, 0.15) is 6.04 Å². The summed E-state index contributed by atoms with van der Waals surface area (Å²) in [5.41, 5.74) is 0.658. The Bertz CT molecular complexity index is 410. The van der Waals surface area contributed by atoms with E-state index < -0.39 is 18.0 Å². The molecular formula is C11H18N4O3S. The van der Waals surface area contributed by atoms with Crippen molar-refractivity contribution in [1.29, 1.82) is 0 Å². The molecule has 0 aliphatic carbocycles. The van der Waals surface area contributed by atoms with E-state index in [1.54, 1.807) is 11.8 Å². The fourth-order valence-corrected chi connectivity index (χ4v) is 1.60. The van der Waals surface area contributed by atoms with Crippen molar-refractivity contribution in [2.24, 2.45) is 0 Å². The third-order valence-corrected chi connectivity index (χ3v) is 3.51. The van der Waals surface area contributed by atoms with Gasteiger partial charge < -0.3 is 20.7 Å². The highest BCUT2D eigenvalue weighted by atomic mass is 32.2. The van der Waals surface area contributed by atoms with Crippen molar-refractivity contribution in [3.63, 3.8) is 0 Å². The number of nitrogens with one attached hydrogen (secondary N) is 3. The minimum atomic E-state index is -1.08. The Balaban J connectivity index is 2.45. The first-order valence-electron chi connectivity index (χ1n) is 5.80. The predicted molar refractivity (Wildman–Crippen MR) is 73.2 cm³/mol. The minimum Gasteiger partial charge on any atom is -0.480 e. The molecule has 1 aromatic rings. The lowest BCUT2D eigenvalue weighted by Crippen LogP contribution is -2.48. The zero-order valence-corrected chi connectivity index (χ0v) is 11.7. The number of carboxylic acids is 1. The van der Waals surface area contributed by atoms with Gasteiger partial charge in [0.2, 0.25) is 0 Å². The van der Waals surface area contributed by atoms with Crippen molar-refractivity contribution in [3.8, 4) is 0 Å². The van der Waals surface area contributed by atoms with Crippen LogP contribution in [0.1, 0.15) is 12.6 Å². The number of hydrogen-bond donors (Lipinski definition) is 4. The van der Waals surface area contributed by atoms with Gasteiger partial charge in [-0.2, -0.15) is 11.8 Å². The Morgan fingerprint density at radius 1 is 1.58 bits per heavy atom. The van der Waals surface area contributed by atoms with Gasteiger partial charge in [-0.15, -0.1) is 0 Å². The summed E-state index contributed by atoms with van der Waals surface area (Å²) in [6.45, 7) is 2.47. The molecular weight excluding hydrogens is 268 g/mol. The van der Waals surface area contributed by atoms with Crippen LogP contribution in [0.15, 0.2) is 12.5 Å². The number of hydrogen-bond acceptors (Lipinski definition) is 4. The number of aromatic nitrogens is 2. The van der Waals surface area contributed by atoms with E-state index in [1.165, 1.54) is 12.5 Å². The predicted octanol–water partition coefficient (Wildman–Crippen LogP) is 0.456. The van der Waals surface area contributed by atoms with E-state index in [2.05, 4.69) is 20.6 Å². The molecule has 1 heterocycles. The number of rotatable bonds is 7. The number of urea groups is 1. The molecule has 4 N–H and O–H groups in total. The highest BCUT2D eigenvalue weighted by Gasteiger charge is 2.21. The number of carboxylic acid groups (broad SMARTS) is 1. The monoisotopic (exact) mass is 286 g/mol. The van der Waals surface area contributed by atoms with Gasteiger partial charge in [0.15, 0.2) is 0 Å². The number of nitrogens with zero attached hydrogens (tertiary/aromatic N) is 1. The van der Waals surface area contributed by atoms with Crippen LogP contribution in [0.4, 0.5) is 4.79 Å². The first-order valence-corrected chi connectivity index (χ1v) is 7.09. The number of aromatic amines is 1. The molecule has 1 rings (SSSR count). The van der Waals surface area contributed by atoms with Gasteiger partial charge in [0, 0.05) is 30.1 Å². The zero-order chi connectivity index (χ0) is 14.3. The first kappa shape index (κ1) is 15.4. The molecule has 106 valence electrons. The zero-order valence-electron chi connectivity index (χ0n) is 10.8.